The molecule has 0 spiro atoms. The third-order valence-corrected chi connectivity index (χ3v) is 5.95. The average Bonchev–Trinajstić information content (AvgIpc) is 2.36. The van der Waals surface area contributed by atoms with Gasteiger partial charge in [0.25, 0.3) is 0 Å². The maximum Gasteiger partial charge on any atom is 0.169 e. The molecule has 0 saturated heterocycles. The van der Waals surface area contributed by atoms with Crippen LogP contribution < -0.4 is 0 Å². The molecule has 0 aliphatic heterocycles. The van der Waals surface area contributed by atoms with E-state index in [1.54, 1.807) is 6.07 Å². The molecular weight excluding hydrogens is 251 g/mol. The van der Waals surface area contributed by atoms with Crippen molar-refractivity contribution in [3.05, 3.63) is 35.1 Å². The molecule has 4 bridgehead atoms. The second-order valence-electron chi connectivity index (χ2n) is 7.49. The maximum absolute atomic E-state index is 13.3. The van der Waals surface area contributed by atoms with E-state index < -0.39 is 0 Å². The summed E-state index contributed by atoms with van der Waals surface area (Å²) in [5, 5.41) is 0. The molecule has 4 aliphatic rings. The van der Waals surface area contributed by atoms with Gasteiger partial charge in [0.15, 0.2) is 5.78 Å². The average molecular weight is 272 g/mol. The predicted octanol–water partition coefficient (Wildman–Crippen LogP) is 4.53. The molecule has 20 heavy (non-hydrogen) atoms. The number of benzene rings is 1. The highest BCUT2D eigenvalue weighted by molar-refractivity contribution is 6.02. The molecular formula is C18H21FO. The lowest BCUT2D eigenvalue weighted by molar-refractivity contribution is -0.0353. The Balaban J connectivity index is 1.71. The molecule has 4 saturated carbocycles. The third kappa shape index (κ3) is 1.77. The highest BCUT2D eigenvalue weighted by Crippen LogP contribution is 2.61. The summed E-state index contributed by atoms with van der Waals surface area (Å²) in [6, 6.07) is 4.63. The fourth-order valence-electron chi connectivity index (χ4n) is 5.56. The van der Waals surface area contributed by atoms with Crippen LogP contribution in [0, 0.1) is 35.9 Å². The molecule has 0 atom stereocenters. The molecule has 4 fully saturated rings. The van der Waals surface area contributed by atoms with Gasteiger partial charge in [-0.1, -0.05) is 0 Å². The van der Waals surface area contributed by atoms with Crippen molar-refractivity contribution in [2.24, 2.45) is 23.2 Å². The summed E-state index contributed by atoms with van der Waals surface area (Å²) in [6.07, 6.45) is 7.26. The van der Waals surface area contributed by atoms with Crippen molar-refractivity contribution >= 4 is 5.78 Å². The van der Waals surface area contributed by atoms with E-state index in [0.29, 0.717) is 5.78 Å². The van der Waals surface area contributed by atoms with Gasteiger partial charge in [0, 0.05) is 11.0 Å². The smallest absolute Gasteiger partial charge is 0.169 e. The molecule has 1 aromatic rings. The Morgan fingerprint density at radius 2 is 1.65 bits per heavy atom. The minimum atomic E-state index is -0.246. The lowest BCUT2D eigenvalue weighted by Gasteiger charge is -2.56. The van der Waals surface area contributed by atoms with Crippen LogP contribution in [0.4, 0.5) is 4.39 Å². The quantitative estimate of drug-likeness (QED) is 0.723. The van der Waals surface area contributed by atoms with Gasteiger partial charge < -0.3 is 0 Å². The third-order valence-electron chi connectivity index (χ3n) is 5.95. The van der Waals surface area contributed by atoms with Crippen LogP contribution in [0.3, 0.4) is 0 Å². The maximum atomic E-state index is 13.3. The monoisotopic (exact) mass is 272 g/mol. The normalized spacial score (nSPS) is 38.2. The van der Waals surface area contributed by atoms with Gasteiger partial charge in [-0.25, -0.2) is 4.39 Å². The van der Waals surface area contributed by atoms with Crippen LogP contribution in [-0.4, -0.2) is 5.78 Å². The summed E-state index contributed by atoms with van der Waals surface area (Å²) in [7, 11) is 0. The molecule has 106 valence electrons. The fraction of sp³-hybridized carbons (Fsp3) is 0.611. The SMILES string of the molecule is Cc1cc(F)ccc1C(=O)C12CC3CC(CC(C3)C1)C2. The minimum Gasteiger partial charge on any atom is -0.294 e. The molecule has 0 heterocycles. The van der Waals surface area contributed by atoms with Crippen molar-refractivity contribution in [3.8, 4) is 0 Å². The molecule has 0 amide bonds. The van der Waals surface area contributed by atoms with Crippen molar-refractivity contribution in [3.63, 3.8) is 0 Å². The summed E-state index contributed by atoms with van der Waals surface area (Å²) in [5.41, 5.74) is 1.44. The summed E-state index contributed by atoms with van der Waals surface area (Å²) >= 11 is 0. The Labute approximate surface area is 119 Å². The van der Waals surface area contributed by atoms with Gasteiger partial charge >= 0.3 is 0 Å². The number of Topliss-reactive ketones (excluding diaryl/α,β-unsaturated/α-hetero) is 1. The van der Waals surface area contributed by atoms with Gasteiger partial charge in [-0.2, -0.15) is 0 Å². The van der Waals surface area contributed by atoms with Gasteiger partial charge in [0.2, 0.25) is 0 Å². The molecule has 1 nitrogen and oxygen atoms in total. The van der Waals surface area contributed by atoms with Crippen molar-refractivity contribution in [1.82, 2.24) is 0 Å². The zero-order chi connectivity index (χ0) is 13.9. The second-order valence-corrected chi connectivity index (χ2v) is 7.49. The van der Waals surface area contributed by atoms with Gasteiger partial charge in [0.1, 0.15) is 5.82 Å². The first-order chi connectivity index (χ1) is 9.56. The highest BCUT2D eigenvalue weighted by Gasteiger charge is 2.54. The molecule has 0 unspecified atom stereocenters. The number of carbonyl (C=O) groups is 1. The number of halogens is 1. The molecule has 5 rings (SSSR count). The standard InChI is InChI=1S/C18H21FO/c1-11-4-15(19)2-3-16(11)17(20)18-8-12-5-13(9-18)7-14(6-12)10-18/h2-4,12-14H,5-10H2,1H3. The molecule has 0 aromatic heterocycles. The number of hydrogen-bond donors (Lipinski definition) is 0. The summed E-state index contributed by atoms with van der Waals surface area (Å²) < 4.78 is 13.3. The predicted molar refractivity (Wildman–Crippen MR) is 76.1 cm³/mol. The first-order valence-corrected chi connectivity index (χ1v) is 7.87. The van der Waals surface area contributed by atoms with Crippen molar-refractivity contribution < 1.29 is 9.18 Å². The van der Waals surface area contributed by atoms with Crippen LogP contribution in [0.25, 0.3) is 0 Å². The largest absolute Gasteiger partial charge is 0.294 e. The van der Waals surface area contributed by atoms with Crippen molar-refractivity contribution in [2.75, 3.05) is 0 Å². The highest BCUT2D eigenvalue weighted by atomic mass is 19.1. The second kappa shape index (κ2) is 4.16. The van der Waals surface area contributed by atoms with Crippen LogP contribution in [0.5, 0.6) is 0 Å². The summed E-state index contributed by atoms with van der Waals surface area (Å²) in [6.45, 7) is 1.86. The van der Waals surface area contributed by atoms with E-state index in [0.717, 1.165) is 48.1 Å². The van der Waals surface area contributed by atoms with Crippen molar-refractivity contribution in [1.29, 1.82) is 0 Å². The van der Waals surface area contributed by atoms with Gasteiger partial charge in [-0.3, -0.25) is 4.79 Å². The zero-order valence-corrected chi connectivity index (χ0v) is 12.0. The Bertz CT molecular complexity index is 539. The minimum absolute atomic E-state index is 0.114. The molecule has 0 N–H and O–H groups in total. The number of aryl methyl sites for hydroxylation is 1. The lowest BCUT2D eigenvalue weighted by Crippen LogP contribution is -2.50. The Morgan fingerprint density at radius 3 is 2.15 bits per heavy atom. The van der Waals surface area contributed by atoms with E-state index in [9.17, 15) is 9.18 Å². The molecule has 0 radical (unpaired) electrons. The Hall–Kier alpha value is -1.18. The fourth-order valence-corrected chi connectivity index (χ4v) is 5.56. The topological polar surface area (TPSA) is 17.1 Å². The van der Waals surface area contributed by atoms with Gasteiger partial charge in [-0.05, 0) is 87.0 Å². The lowest BCUT2D eigenvalue weighted by atomic mass is 9.48. The van der Waals surface area contributed by atoms with Crippen LogP contribution in [0.2, 0.25) is 0 Å². The number of ketones is 1. The molecule has 1 aromatic carbocycles. The Kier molecular flexibility index (Phi) is 2.61. The summed E-state index contributed by atoms with van der Waals surface area (Å²) in [4.78, 5) is 13.1. The number of rotatable bonds is 2. The van der Waals surface area contributed by atoms with E-state index in [2.05, 4.69) is 0 Å². The van der Waals surface area contributed by atoms with E-state index in [-0.39, 0.29) is 11.2 Å². The van der Waals surface area contributed by atoms with Crippen LogP contribution >= 0.6 is 0 Å². The van der Waals surface area contributed by atoms with E-state index in [4.69, 9.17) is 0 Å². The van der Waals surface area contributed by atoms with Gasteiger partial charge in [-0.15, -0.1) is 0 Å². The molecule has 4 aliphatic carbocycles. The van der Waals surface area contributed by atoms with E-state index in [1.165, 1.54) is 31.4 Å². The zero-order valence-electron chi connectivity index (χ0n) is 12.0. The van der Waals surface area contributed by atoms with Crippen LogP contribution in [-0.2, 0) is 0 Å². The first kappa shape index (κ1) is 12.6. The molecule has 2 heteroatoms. The number of hydrogen-bond acceptors (Lipinski definition) is 1. The summed E-state index contributed by atoms with van der Waals surface area (Å²) in [5.74, 6) is 2.36. The van der Waals surface area contributed by atoms with Crippen molar-refractivity contribution in [2.45, 2.75) is 45.4 Å². The van der Waals surface area contributed by atoms with E-state index in [1.807, 2.05) is 6.92 Å². The number of carbonyl (C=O) groups excluding carboxylic acids is 1. The van der Waals surface area contributed by atoms with Crippen LogP contribution in [0.1, 0.15) is 54.4 Å². The van der Waals surface area contributed by atoms with E-state index >= 15 is 0 Å². The first-order valence-electron chi connectivity index (χ1n) is 7.87. The Morgan fingerprint density at radius 1 is 1.10 bits per heavy atom. The van der Waals surface area contributed by atoms with Crippen LogP contribution in [0.15, 0.2) is 18.2 Å². The van der Waals surface area contributed by atoms with Gasteiger partial charge in [0.05, 0.1) is 0 Å².